The van der Waals surface area contributed by atoms with Crippen LogP contribution in [0.15, 0.2) is 54.6 Å². The predicted molar refractivity (Wildman–Crippen MR) is 131 cm³/mol. The van der Waals surface area contributed by atoms with E-state index in [1.807, 2.05) is 17.9 Å². The molecule has 6 nitrogen and oxygen atoms in total. The molecule has 0 atom stereocenters. The highest BCUT2D eigenvalue weighted by molar-refractivity contribution is 6.30. The largest absolute Gasteiger partial charge is 0.484 e. The Bertz CT molecular complexity index is 1090. The van der Waals surface area contributed by atoms with Gasteiger partial charge in [0.2, 0.25) is 0 Å². The van der Waals surface area contributed by atoms with Crippen LogP contribution in [0.4, 0.5) is 5.82 Å². The van der Waals surface area contributed by atoms with Gasteiger partial charge in [0.25, 0.3) is 5.91 Å². The van der Waals surface area contributed by atoms with Crippen LogP contribution in [0.2, 0.25) is 5.02 Å². The molecule has 0 N–H and O–H groups in total. The van der Waals surface area contributed by atoms with Crippen molar-refractivity contribution in [3.05, 3.63) is 82.3 Å². The fourth-order valence-electron chi connectivity index (χ4n) is 4.13. The minimum absolute atomic E-state index is 0.00800. The SMILES string of the molecule is Cc1nc(C)c(Cc2ccccc2)c(N2CCCN(C(=O)COc3ccc(Cl)cc3)CC2)n1. The van der Waals surface area contributed by atoms with Crippen LogP contribution in [0.3, 0.4) is 0 Å². The van der Waals surface area contributed by atoms with Crippen molar-refractivity contribution in [3.63, 3.8) is 0 Å². The standard InChI is InChI=1S/C26H29ClN4O2/c1-19-24(17-21-7-4-3-5-8-21)26(29-20(2)28-19)31-14-6-13-30(15-16-31)25(32)18-33-23-11-9-22(27)10-12-23/h3-5,7-12H,6,13-18H2,1-2H3. The molecular weight excluding hydrogens is 436 g/mol. The Kier molecular flexibility index (Phi) is 7.45. The average molecular weight is 465 g/mol. The summed E-state index contributed by atoms with van der Waals surface area (Å²) in [5.41, 5.74) is 3.40. The van der Waals surface area contributed by atoms with Crippen molar-refractivity contribution in [1.29, 1.82) is 0 Å². The first-order valence-corrected chi connectivity index (χ1v) is 11.7. The van der Waals surface area contributed by atoms with Crippen molar-refractivity contribution < 1.29 is 9.53 Å². The van der Waals surface area contributed by atoms with Crippen LogP contribution in [0, 0.1) is 13.8 Å². The summed E-state index contributed by atoms with van der Waals surface area (Å²) < 4.78 is 5.66. The number of halogens is 1. The molecule has 0 saturated carbocycles. The number of hydrogen-bond acceptors (Lipinski definition) is 5. The van der Waals surface area contributed by atoms with Gasteiger partial charge in [0, 0.05) is 48.9 Å². The third kappa shape index (κ3) is 6.02. The maximum absolute atomic E-state index is 12.8. The smallest absolute Gasteiger partial charge is 0.260 e. The highest BCUT2D eigenvalue weighted by Crippen LogP contribution is 2.25. The Balaban J connectivity index is 1.44. The van der Waals surface area contributed by atoms with E-state index < -0.39 is 0 Å². The summed E-state index contributed by atoms with van der Waals surface area (Å²) in [7, 11) is 0. The zero-order chi connectivity index (χ0) is 23.2. The number of rotatable bonds is 6. The number of ether oxygens (including phenoxy) is 1. The van der Waals surface area contributed by atoms with Crippen molar-refractivity contribution in [2.75, 3.05) is 37.7 Å². The van der Waals surface area contributed by atoms with Crippen molar-refractivity contribution >= 4 is 23.3 Å². The molecule has 2 aromatic carbocycles. The summed E-state index contributed by atoms with van der Waals surface area (Å²) in [4.78, 5) is 26.4. The summed E-state index contributed by atoms with van der Waals surface area (Å²) in [5, 5.41) is 0.642. The zero-order valence-electron chi connectivity index (χ0n) is 19.1. The minimum atomic E-state index is -0.00800. The maximum Gasteiger partial charge on any atom is 0.260 e. The Morgan fingerprint density at radius 1 is 0.970 bits per heavy atom. The van der Waals surface area contributed by atoms with E-state index >= 15 is 0 Å². The summed E-state index contributed by atoms with van der Waals surface area (Å²) in [6.07, 6.45) is 1.66. The molecule has 1 aromatic heterocycles. The summed E-state index contributed by atoms with van der Waals surface area (Å²) in [6, 6.07) is 17.5. The van der Waals surface area contributed by atoms with Crippen LogP contribution in [0.25, 0.3) is 0 Å². The predicted octanol–water partition coefficient (Wildman–Crippen LogP) is 4.46. The summed E-state index contributed by atoms with van der Waals surface area (Å²) >= 11 is 5.91. The normalized spacial score (nSPS) is 14.2. The number of carbonyl (C=O) groups is 1. The van der Waals surface area contributed by atoms with Crippen LogP contribution >= 0.6 is 11.6 Å². The number of nitrogens with zero attached hydrogens (tertiary/aromatic N) is 4. The topological polar surface area (TPSA) is 58.6 Å². The second-order valence-electron chi connectivity index (χ2n) is 8.28. The minimum Gasteiger partial charge on any atom is -0.484 e. The van der Waals surface area contributed by atoms with Crippen LogP contribution in [0.5, 0.6) is 5.75 Å². The highest BCUT2D eigenvalue weighted by Gasteiger charge is 2.23. The van der Waals surface area contributed by atoms with Gasteiger partial charge in [0.05, 0.1) is 0 Å². The Labute approximate surface area is 200 Å². The van der Waals surface area contributed by atoms with E-state index in [-0.39, 0.29) is 12.5 Å². The molecule has 172 valence electrons. The molecule has 3 aromatic rings. The van der Waals surface area contributed by atoms with Crippen LogP contribution < -0.4 is 9.64 Å². The first-order valence-electron chi connectivity index (χ1n) is 11.3. The molecule has 7 heteroatoms. The number of aryl methyl sites for hydroxylation is 2. The van der Waals surface area contributed by atoms with Gasteiger partial charge in [-0.2, -0.15) is 0 Å². The molecule has 2 heterocycles. The van der Waals surface area contributed by atoms with Crippen molar-refractivity contribution in [2.24, 2.45) is 0 Å². The lowest BCUT2D eigenvalue weighted by Crippen LogP contribution is -2.38. The zero-order valence-corrected chi connectivity index (χ0v) is 19.9. The number of aromatic nitrogens is 2. The molecular formula is C26H29ClN4O2. The quantitative estimate of drug-likeness (QED) is 0.539. The summed E-state index contributed by atoms with van der Waals surface area (Å²) in [6.45, 7) is 6.92. The third-order valence-corrected chi connectivity index (χ3v) is 6.10. The number of anilines is 1. The van der Waals surface area contributed by atoms with E-state index in [1.54, 1.807) is 24.3 Å². The molecule has 0 radical (unpaired) electrons. The van der Waals surface area contributed by atoms with Crippen molar-refractivity contribution in [2.45, 2.75) is 26.7 Å². The van der Waals surface area contributed by atoms with Gasteiger partial charge in [-0.15, -0.1) is 0 Å². The number of benzene rings is 2. The van der Waals surface area contributed by atoms with Crippen LogP contribution in [-0.2, 0) is 11.2 Å². The van der Waals surface area contributed by atoms with E-state index in [0.717, 1.165) is 48.8 Å². The van der Waals surface area contributed by atoms with E-state index in [9.17, 15) is 4.79 Å². The third-order valence-electron chi connectivity index (χ3n) is 5.85. The first kappa shape index (κ1) is 23.1. The van der Waals surface area contributed by atoms with Crippen LogP contribution in [0.1, 0.15) is 29.1 Å². The lowest BCUT2D eigenvalue weighted by molar-refractivity contribution is -0.133. The van der Waals surface area contributed by atoms with Crippen molar-refractivity contribution in [1.82, 2.24) is 14.9 Å². The van der Waals surface area contributed by atoms with Gasteiger partial charge in [0.15, 0.2) is 6.61 Å². The van der Waals surface area contributed by atoms with Gasteiger partial charge >= 0.3 is 0 Å². The fourth-order valence-corrected chi connectivity index (χ4v) is 4.26. The van der Waals surface area contributed by atoms with Gasteiger partial charge in [-0.05, 0) is 50.1 Å². The Hall–Kier alpha value is -3.12. The molecule has 1 aliphatic rings. The highest BCUT2D eigenvalue weighted by atomic mass is 35.5. The number of carbonyl (C=O) groups excluding carboxylic acids is 1. The summed E-state index contributed by atoms with van der Waals surface area (Å²) in [5.74, 6) is 2.39. The Morgan fingerprint density at radius 2 is 1.73 bits per heavy atom. The van der Waals surface area contributed by atoms with Gasteiger partial charge in [-0.1, -0.05) is 41.9 Å². The lowest BCUT2D eigenvalue weighted by atomic mass is 10.0. The molecule has 1 amide bonds. The van der Waals surface area contributed by atoms with E-state index in [2.05, 4.69) is 41.1 Å². The van der Waals surface area contributed by atoms with Gasteiger partial charge in [-0.3, -0.25) is 4.79 Å². The number of amides is 1. The second-order valence-corrected chi connectivity index (χ2v) is 8.72. The maximum atomic E-state index is 12.8. The number of hydrogen-bond donors (Lipinski definition) is 0. The van der Waals surface area contributed by atoms with Crippen LogP contribution in [-0.4, -0.2) is 53.6 Å². The molecule has 4 rings (SSSR count). The van der Waals surface area contributed by atoms with E-state index in [1.165, 1.54) is 5.56 Å². The molecule has 1 aliphatic heterocycles. The molecule has 0 aliphatic carbocycles. The van der Waals surface area contributed by atoms with Crippen molar-refractivity contribution in [3.8, 4) is 5.75 Å². The molecule has 1 saturated heterocycles. The van der Waals surface area contributed by atoms with E-state index in [0.29, 0.717) is 23.9 Å². The average Bonchev–Trinajstić information content (AvgIpc) is 3.07. The monoisotopic (exact) mass is 464 g/mol. The second kappa shape index (κ2) is 10.7. The first-order chi connectivity index (χ1) is 16.0. The molecule has 0 unspecified atom stereocenters. The van der Waals surface area contributed by atoms with Gasteiger partial charge < -0.3 is 14.5 Å². The molecule has 33 heavy (non-hydrogen) atoms. The fraction of sp³-hybridized carbons (Fsp3) is 0.346. The molecule has 0 bridgehead atoms. The van der Waals surface area contributed by atoms with Gasteiger partial charge in [0.1, 0.15) is 17.4 Å². The molecule has 1 fully saturated rings. The molecule has 0 spiro atoms. The van der Waals surface area contributed by atoms with Gasteiger partial charge in [-0.25, -0.2) is 9.97 Å². The lowest BCUT2D eigenvalue weighted by Gasteiger charge is -2.26. The van der Waals surface area contributed by atoms with E-state index in [4.69, 9.17) is 21.3 Å². The Morgan fingerprint density at radius 3 is 2.48 bits per heavy atom.